The molecule has 1 aromatic rings. The lowest BCUT2D eigenvalue weighted by Gasteiger charge is -2.22. The van der Waals surface area contributed by atoms with Crippen molar-refractivity contribution in [2.45, 2.75) is 13.0 Å². The van der Waals surface area contributed by atoms with Crippen molar-refractivity contribution in [3.8, 4) is 0 Å². The summed E-state index contributed by atoms with van der Waals surface area (Å²) in [5.41, 5.74) is 6.21. The minimum Gasteiger partial charge on any atom is -0.371 e. The lowest BCUT2D eigenvalue weighted by Crippen LogP contribution is -2.33. The molecule has 0 aliphatic rings. The SMILES string of the molecule is CC(N)CN(C)c1cc(Br)ccc1F. The van der Waals surface area contributed by atoms with E-state index in [1.807, 2.05) is 18.9 Å². The van der Waals surface area contributed by atoms with E-state index >= 15 is 0 Å². The zero-order valence-corrected chi connectivity index (χ0v) is 9.88. The van der Waals surface area contributed by atoms with Gasteiger partial charge in [0.2, 0.25) is 0 Å². The molecule has 4 heteroatoms. The van der Waals surface area contributed by atoms with Crippen LogP contribution in [-0.2, 0) is 0 Å². The summed E-state index contributed by atoms with van der Waals surface area (Å²) in [6.45, 7) is 2.53. The molecule has 1 rings (SSSR count). The number of likely N-dealkylation sites (N-methyl/N-ethyl adjacent to an activating group) is 1. The molecule has 0 aromatic heterocycles. The van der Waals surface area contributed by atoms with Gasteiger partial charge in [-0.2, -0.15) is 0 Å². The van der Waals surface area contributed by atoms with Crippen LogP contribution in [0.15, 0.2) is 22.7 Å². The summed E-state index contributed by atoms with van der Waals surface area (Å²) in [5, 5.41) is 0. The van der Waals surface area contributed by atoms with Gasteiger partial charge in [-0.1, -0.05) is 15.9 Å². The van der Waals surface area contributed by atoms with Crippen LogP contribution in [-0.4, -0.2) is 19.6 Å². The second-order valence-corrected chi connectivity index (χ2v) is 4.37. The maximum absolute atomic E-state index is 13.4. The Hall–Kier alpha value is -0.610. The summed E-state index contributed by atoms with van der Waals surface area (Å²) in [6, 6.07) is 4.89. The molecular weight excluding hydrogens is 247 g/mol. The molecule has 1 atom stereocenters. The number of rotatable bonds is 3. The second kappa shape index (κ2) is 4.75. The summed E-state index contributed by atoms with van der Waals surface area (Å²) < 4.78 is 14.2. The Bertz CT molecular complexity index is 315. The van der Waals surface area contributed by atoms with Crippen molar-refractivity contribution in [3.05, 3.63) is 28.5 Å². The van der Waals surface area contributed by atoms with Crippen molar-refractivity contribution in [2.75, 3.05) is 18.5 Å². The molecule has 78 valence electrons. The van der Waals surface area contributed by atoms with Crippen LogP contribution in [0.5, 0.6) is 0 Å². The molecule has 0 heterocycles. The topological polar surface area (TPSA) is 29.3 Å². The van der Waals surface area contributed by atoms with Crippen LogP contribution in [0.2, 0.25) is 0 Å². The van der Waals surface area contributed by atoms with Crippen molar-refractivity contribution in [3.63, 3.8) is 0 Å². The molecule has 0 aliphatic carbocycles. The monoisotopic (exact) mass is 260 g/mol. The maximum Gasteiger partial charge on any atom is 0.146 e. The maximum atomic E-state index is 13.4. The molecule has 0 bridgehead atoms. The normalized spacial score (nSPS) is 12.6. The Morgan fingerprint density at radius 2 is 2.21 bits per heavy atom. The molecule has 0 aliphatic heterocycles. The number of nitrogens with zero attached hydrogens (tertiary/aromatic N) is 1. The van der Waals surface area contributed by atoms with E-state index in [2.05, 4.69) is 15.9 Å². The van der Waals surface area contributed by atoms with Crippen LogP contribution in [0.3, 0.4) is 0 Å². The van der Waals surface area contributed by atoms with Crippen LogP contribution >= 0.6 is 15.9 Å². The van der Waals surface area contributed by atoms with E-state index in [-0.39, 0.29) is 11.9 Å². The van der Waals surface area contributed by atoms with Crippen LogP contribution in [0.4, 0.5) is 10.1 Å². The molecule has 1 unspecified atom stereocenters. The predicted octanol–water partition coefficient (Wildman–Crippen LogP) is 2.37. The molecule has 14 heavy (non-hydrogen) atoms. The molecule has 0 saturated heterocycles. The van der Waals surface area contributed by atoms with Gasteiger partial charge < -0.3 is 10.6 Å². The smallest absolute Gasteiger partial charge is 0.146 e. The van der Waals surface area contributed by atoms with Gasteiger partial charge in [0.15, 0.2) is 0 Å². The van der Waals surface area contributed by atoms with Gasteiger partial charge in [0, 0.05) is 24.1 Å². The highest BCUT2D eigenvalue weighted by molar-refractivity contribution is 9.10. The summed E-state index contributed by atoms with van der Waals surface area (Å²) in [4.78, 5) is 1.81. The molecule has 2 nitrogen and oxygen atoms in total. The fourth-order valence-corrected chi connectivity index (χ4v) is 1.66. The molecule has 0 amide bonds. The van der Waals surface area contributed by atoms with E-state index < -0.39 is 0 Å². The second-order valence-electron chi connectivity index (χ2n) is 3.45. The average Bonchev–Trinajstić information content (AvgIpc) is 2.08. The number of benzene rings is 1. The predicted molar refractivity (Wildman–Crippen MR) is 61.0 cm³/mol. The lowest BCUT2D eigenvalue weighted by molar-refractivity contribution is 0.616. The van der Waals surface area contributed by atoms with Crippen molar-refractivity contribution in [1.82, 2.24) is 0 Å². The van der Waals surface area contributed by atoms with Crippen molar-refractivity contribution >= 4 is 21.6 Å². The number of hydrogen-bond donors (Lipinski definition) is 1. The van der Waals surface area contributed by atoms with Gasteiger partial charge in [-0.25, -0.2) is 4.39 Å². The Labute approximate surface area is 92.0 Å². The molecule has 0 radical (unpaired) electrons. The van der Waals surface area contributed by atoms with Crippen LogP contribution in [0.25, 0.3) is 0 Å². The highest BCUT2D eigenvalue weighted by Crippen LogP contribution is 2.22. The first-order valence-electron chi connectivity index (χ1n) is 4.42. The van der Waals surface area contributed by atoms with Crippen molar-refractivity contribution in [1.29, 1.82) is 0 Å². The Balaban J connectivity index is 2.88. The zero-order valence-electron chi connectivity index (χ0n) is 8.30. The first-order valence-corrected chi connectivity index (χ1v) is 5.21. The van der Waals surface area contributed by atoms with Crippen molar-refractivity contribution in [2.24, 2.45) is 5.73 Å². The number of nitrogens with two attached hydrogens (primary N) is 1. The quantitative estimate of drug-likeness (QED) is 0.905. The summed E-state index contributed by atoms with van der Waals surface area (Å²) in [6.07, 6.45) is 0. The Kier molecular flexibility index (Phi) is 3.89. The van der Waals surface area contributed by atoms with E-state index in [9.17, 15) is 4.39 Å². The van der Waals surface area contributed by atoms with Gasteiger partial charge in [0.1, 0.15) is 5.82 Å². The van der Waals surface area contributed by atoms with Crippen LogP contribution in [0.1, 0.15) is 6.92 Å². The third-order valence-electron chi connectivity index (χ3n) is 1.88. The third-order valence-corrected chi connectivity index (χ3v) is 2.37. The van der Waals surface area contributed by atoms with E-state index in [0.29, 0.717) is 12.2 Å². The molecule has 0 fully saturated rings. The van der Waals surface area contributed by atoms with Crippen molar-refractivity contribution < 1.29 is 4.39 Å². The standard InChI is InChI=1S/C10H14BrFN2/c1-7(13)6-14(2)10-5-8(11)3-4-9(10)12/h3-5,7H,6,13H2,1-2H3. The third kappa shape index (κ3) is 2.96. The number of halogens is 2. The van der Waals surface area contributed by atoms with Gasteiger partial charge in [-0.05, 0) is 25.1 Å². The van der Waals surface area contributed by atoms with Gasteiger partial charge in [0.05, 0.1) is 5.69 Å². The molecule has 1 aromatic carbocycles. The first-order chi connectivity index (χ1) is 6.50. The molecule has 0 saturated carbocycles. The lowest BCUT2D eigenvalue weighted by atomic mass is 10.2. The largest absolute Gasteiger partial charge is 0.371 e. The highest BCUT2D eigenvalue weighted by Gasteiger charge is 2.09. The van der Waals surface area contributed by atoms with Gasteiger partial charge in [-0.3, -0.25) is 0 Å². The summed E-state index contributed by atoms with van der Waals surface area (Å²) in [5.74, 6) is -0.226. The minimum absolute atomic E-state index is 0.0263. The summed E-state index contributed by atoms with van der Waals surface area (Å²) >= 11 is 3.31. The average molecular weight is 261 g/mol. The molecule has 2 N–H and O–H groups in total. The Morgan fingerprint density at radius 1 is 1.57 bits per heavy atom. The minimum atomic E-state index is -0.226. The zero-order chi connectivity index (χ0) is 10.7. The van der Waals surface area contributed by atoms with Gasteiger partial charge in [0.25, 0.3) is 0 Å². The van der Waals surface area contributed by atoms with Gasteiger partial charge in [-0.15, -0.1) is 0 Å². The van der Waals surface area contributed by atoms with E-state index in [4.69, 9.17) is 5.73 Å². The fourth-order valence-electron chi connectivity index (χ4n) is 1.31. The van der Waals surface area contributed by atoms with Crippen LogP contribution < -0.4 is 10.6 Å². The Morgan fingerprint density at radius 3 is 2.79 bits per heavy atom. The van der Waals surface area contributed by atoms with Crippen LogP contribution in [0, 0.1) is 5.82 Å². The first kappa shape index (κ1) is 11.5. The van der Waals surface area contributed by atoms with E-state index in [1.54, 1.807) is 12.1 Å². The highest BCUT2D eigenvalue weighted by atomic mass is 79.9. The summed E-state index contributed by atoms with van der Waals surface area (Å²) in [7, 11) is 1.83. The fraction of sp³-hybridized carbons (Fsp3) is 0.400. The van der Waals surface area contributed by atoms with E-state index in [1.165, 1.54) is 6.07 Å². The van der Waals surface area contributed by atoms with E-state index in [0.717, 1.165) is 4.47 Å². The molecule has 0 spiro atoms. The van der Waals surface area contributed by atoms with Gasteiger partial charge >= 0.3 is 0 Å². The number of anilines is 1. The number of hydrogen-bond acceptors (Lipinski definition) is 2. The molecular formula is C10H14BrFN2.